The summed E-state index contributed by atoms with van der Waals surface area (Å²) in [5.74, 6) is -0.0786. The van der Waals surface area contributed by atoms with Crippen LogP contribution in [-0.2, 0) is 5.60 Å². The van der Waals surface area contributed by atoms with Crippen LogP contribution in [0.1, 0.15) is 42.4 Å². The molecule has 1 fully saturated rings. The lowest BCUT2D eigenvalue weighted by molar-refractivity contribution is -0.0892. The highest BCUT2D eigenvalue weighted by atomic mass is 16.3. The van der Waals surface area contributed by atoms with Crippen LogP contribution in [0.5, 0.6) is 0 Å². The van der Waals surface area contributed by atoms with Gasteiger partial charge >= 0.3 is 0 Å². The summed E-state index contributed by atoms with van der Waals surface area (Å²) >= 11 is 0. The number of aliphatic hydroxyl groups is 1. The van der Waals surface area contributed by atoms with E-state index in [-0.39, 0.29) is 24.4 Å². The predicted octanol–water partition coefficient (Wildman–Crippen LogP) is 1.91. The highest BCUT2D eigenvalue weighted by Crippen LogP contribution is 2.32. The molecule has 1 aliphatic heterocycles. The standard InChI is InChI=1S/C18H25N5O2/c1-12-13(6-5-7-14(12)19-9-17(2,3)4)16(24)23-10-18(25,11-23)15-8-20-22-21-15/h5-8,19,25H,9-11H2,1-4H3,(H,20,21,22). The van der Waals surface area contributed by atoms with Crippen molar-refractivity contribution in [3.8, 4) is 0 Å². The van der Waals surface area contributed by atoms with E-state index in [0.29, 0.717) is 11.3 Å². The van der Waals surface area contributed by atoms with E-state index in [0.717, 1.165) is 17.8 Å². The molecule has 3 rings (SSSR count). The van der Waals surface area contributed by atoms with Crippen molar-refractivity contribution in [3.63, 3.8) is 0 Å². The van der Waals surface area contributed by atoms with Gasteiger partial charge in [0, 0.05) is 17.8 Å². The van der Waals surface area contributed by atoms with Crippen molar-refractivity contribution in [3.05, 3.63) is 41.2 Å². The van der Waals surface area contributed by atoms with Crippen molar-refractivity contribution in [1.29, 1.82) is 0 Å². The minimum absolute atomic E-state index is 0.0786. The van der Waals surface area contributed by atoms with Gasteiger partial charge in [0.1, 0.15) is 11.3 Å². The number of carbonyl (C=O) groups is 1. The van der Waals surface area contributed by atoms with Crippen LogP contribution < -0.4 is 5.32 Å². The number of H-pyrrole nitrogens is 1. The van der Waals surface area contributed by atoms with Crippen LogP contribution in [0.4, 0.5) is 5.69 Å². The Morgan fingerprint density at radius 1 is 1.40 bits per heavy atom. The largest absolute Gasteiger partial charge is 0.384 e. The highest BCUT2D eigenvalue weighted by Gasteiger charge is 2.47. The normalized spacial score (nSPS) is 16.4. The van der Waals surface area contributed by atoms with E-state index < -0.39 is 5.60 Å². The number of aromatic nitrogens is 3. The van der Waals surface area contributed by atoms with Crippen LogP contribution in [-0.4, -0.2) is 51.0 Å². The summed E-state index contributed by atoms with van der Waals surface area (Å²) in [6.07, 6.45) is 1.49. The Morgan fingerprint density at radius 3 is 2.72 bits per heavy atom. The van der Waals surface area contributed by atoms with Crippen LogP contribution in [0.15, 0.2) is 24.4 Å². The summed E-state index contributed by atoms with van der Waals surface area (Å²) < 4.78 is 0. The summed E-state index contributed by atoms with van der Waals surface area (Å²) in [5.41, 5.74) is 2.05. The van der Waals surface area contributed by atoms with Gasteiger partial charge in [0.2, 0.25) is 0 Å². The van der Waals surface area contributed by atoms with Gasteiger partial charge in [0.15, 0.2) is 0 Å². The first-order valence-corrected chi connectivity index (χ1v) is 8.41. The van der Waals surface area contributed by atoms with Gasteiger partial charge in [-0.25, -0.2) is 0 Å². The number of hydrogen-bond donors (Lipinski definition) is 3. The third kappa shape index (κ3) is 3.51. The molecule has 0 aliphatic carbocycles. The second kappa shape index (κ2) is 6.15. The average molecular weight is 343 g/mol. The quantitative estimate of drug-likeness (QED) is 0.788. The fourth-order valence-electron chi connectivity index (χ4n) is 2.91. The lowest BCUT2D eigenvalue weighted by Gasteiger charge is -2.45. The van der Waals surface area contributed by atoms with E-state index in [9.17, 15) is 9.90 Å². The molecule has 7 heteroatoms. The molecule has 0 saturated carbocycles. The lowest BCUT2D eigenvalue weighted by atomic mass is 9.89. The van der Waals surface area contributed by atoms with Crippen molar-refractivity contribution in [1.82, 2.24) is 20.3 Å². The van der Waals surface area contributed by atoms with Crippen LogP contribution in [0.25, 0.3) is 0 Å². The zero-order chi connectivity index (χ0) is 18.2. The molecule has 1 amide bonds. The molecule has 7 nitrogen and oxygen atoms in total. The molecule has 0 unspecified atom stereocenters. The highest BCUT2D eigenvalue weighted by molar-refractivity contribution is 5.97. The Bertz CT molecular complexity index is 758. The van der Waals surface area contributed by atoms with Gasteiger partial charge < -0.3 is 15.3 Å². The molecule has 1 saturated heterocycles. The summed E-state index contributed by atoms with van der Waals surface area (Å²) in [7, 11) is 0. The van der Waals surface area contributed by atoms with Crippen LogP contribution in [0, 0.1) is 12.3 Å². The summed E-state index contributed by atoms with van der Waals surface area (Å²) in [6.45, 7) is 9.69. The number of benzene rings is 1. The molecule has 0 spiro atoms. The summed E-state index contributed by atoms with van der Waals surface area (Å²) in [6, 6.07) is 5.70. The fraction of sp³-hybridized carbons (Fsp3) is 0.500. The third-order valence-electron chi connectivity index (χ3n) is 4.46. The monoisotopic (exact) mass is 343 g/mol. The van der Waals surface area contributed by atoms with Crippen molar-refractivity contribution in [2.45, 2.75) is 33.3 Å². The smallest absolute Gasteiger partial charge is 0.254 e. The zero-order valence-corrected chi connectivity index (χ0v) is 15.1. The Hall–Kier alpha value is -2.41. The van der Waals surface area contributed by atoms with Crippen molar-refractivity contribution in [2.24, 2.45) is 5.41 Å². The molecule has 2 aromatic rings. The second-order valence-electron chi connectivity index (χ2n) is 7.94. The van der Waals surface area contributed by atoms with E-state index >= 15 is 0 Å². The first-order valence-electron chi connectivity index (χ1n) is 8.41. The Labute approximate surface area is 147 Å². The van der Waals surface area contributed by atoms with E-state index in [1.165, 1.54) is 6.20 Å². The lowest BCUT2D eigenvalue weighted by Crippen LogP contribution is -2.61. The number of nitrogens with zero attached hydrogens (tertiary/aromatic N) is 3. The molecular formula is C18H25N5O2. The molecule has 0 bridgehead atoms. The van der Waals surface area contributed by atoms with Crippen LogP contribution in [0.2, 0.25) is 0 Å². The molecule has 1 aromatic heterocycles. The van der Waals surface area contributed by atoms with E-state index in [1.54, 1.807) is 4.90 Å². The zero-order valence-electron chi connectivity index (χ0n) is 15.1. The van der Waals surface area contributed by atoms with Gasteiger partial charge in [-0.3, -0.25) is 4.79 Å². The first kappa shape index (κ1) is 17.4. The molecule has 3 N–H and O–H groups in total. The van der Waals surface area contributed by atoms with Gasteiger partial charge in [0.25, 0.3) is 5.91 Å². The minimum Gasteiger partial charge on any atom is -0.384 e. The molecule has 1 aliphatic rings. The number of amides is 1. The van der Waals surface area contributed by atoms with Gasteiger partial charge in [-0.1, -0.05) is 26.8 Å². The summed E-state index contributed by atoms with van der Waals surface area (Å²) in [5, 5.41) is 24.1. The maximum atomic E-state index is 12.8. The second-order valence-corrected chi connectivity index (χ2v) is 7.94. The minimum atomic E-state index is -1.11. The number of β-amino-alcohol motifs (C(OH)–C–C–N with tert-alkyl or cyclic N) is 1. The van der Waals surface area contributed by atoms with Crippen molar-refractivity contribution >= 4 is 11.6 Å². The maximum Gasteiger partial charge on any atom is 0.254 e. The van der Waals surface area contributed by atoms with Crippen LogP contribution >= 0.6 is 0 Å². The molecule has 25 heavy (non-hydrogen) atoms. The predicted molar refractivity (Wildman–Crippen MR) is 95.3 cm³/mol. The van der Waals surface area contributed by atoms with Gasteiger partial charge in [-0.2, -0.15) is 15.4 Å². The number of rotatable bonds is 4. The number of nitrogens with one attached hydrogen (secondary N) is 2. The third-order valence-corrected chi connectivity index (χ3v) is 4.46. The molecule has 134 valence electrons. The topological polar surface area (TPSA) is 94.1 Å². The van der Waals surface area contributed by atoms with Crippen molar-refractivity contribution < 1.29 is 9.90 Å². The molecule has 2 heterocycles. The summed E-state index contributed by atoms with van der Waals surface area (Å²) in [4.78, 5) is 14.4. The number of carbonyl (C=O) groups excluding carboxylic acids is 1. The number of likely N-dealkylation sites (tertiary alicyclic amines) is 1. The van der Waals surface area contributed by atoms with E-state index in [1.807, 2.05) is 25.1 Å². The van der Waals surface area contributed by atoms with Crippen LogP contribution in [0.3, 0.4) is 0 Å². The molecule has 1 aromatic carbocycles. The molecular weight excluding hydrogens is 318 g/mol. The Kier molecular flexibility index (Phi) is 4.28. The Morgan fingerprint density at radius 2 is 2.12 bits per heavy atom. The van der Waals surface area contributed by atoms with Gasteiger partial charge in [-0.15, -0.1) is 0 Å². The average Bonchev–Trinajstić information content (AvgIpc) is 3.04. The number of hydrogen-bond acceptors (Lipinski definition) is 5. The van der Waals surface area contributed by atoms with Crippen molar-refractivity contribution in [2.75, 3.05) is 25.0 Å². The number of anilines is 1. The number of aromatic amines is 1. The van der Waals surface area contributed by atoms with E-state index in [4.69, 9.17) is 0 Å². The first-order chi connectivity index (χ1) is 11.7. The molecule has 0 atom stereocenters. The van der Waals surface area contributed by atoms with Gasteiger partial charge in [0.05, 0.1) is 19.3 Å². The molecule has 0 radical (unpaired) electrons. The fourth-order valence-corrected chi connectivity index (χ4v) is 2.91. The Balaban J connectivity index is 1.71. The maximum absolute atomic E-state index is 12.8. The van der Waals surface area contributed by atoms with Gasteiger partial charge in [-0.05, 0) is 30.0 Å². The SMILES string of the molecule is Cc1c(NCC(C)(C)C)cccc1C(=O)N1CC(O)(c2cn[nH]n2)C1. The van der Waals surface area contributed by atoms with E-state index in [2.05, 4.69) is 41.5 Å².